The molecule has 0 aliphatic rings. The SMILES string of the molecule is CO[Si](OC)(OC)c1ccccc1C(N)CCN. The van der Waals surface area contributed by atoms with Gasteiger partial charge in [-0.3, -0.25) is 0 Å². The number of rotatable bonds is 7. The largest absolute Gasteiger partial charge is 0.536 e. The first-order chi connectivity index (χ1) is 8.65. The van der Waals surface area contributed by atoms with Crippen molar-refractivity contribution in [3.05, 3.63) is 29.8 Å². The molecule has 0 bridgehead atoms. The molecule has 4 N–H and O–H groups in total. The predicted molar refractivity (Wildman–Crippen MR) is 73.5 cm³/mol. The lowest BCUT2D eigenvalue weighted by atomic mass is 10.1. The number of hydrogen-bond acceptors (Lipinski definition) is 5. The molecule has 0 heterocycles. The molecular weight excluding hydrogens is 248 g/mol. The Bertz CT molecular complexity index is 364. The minimum atomic E-state index is -2.85. The minimum absolute atomic E-state index is 0.140. The molecule has 6 heteroatoms. The second-order valence-electron chi connectivity index (χ2n) is 3.94. The van der Waals surface area contributed by atoms with Gasteiger partial charge in [0.25, 0.3) is 0 Å². The molecule has 1 aromatic carbocycles. The van der Waals surface area contributed by atoms with Gasteiger partial charge in [0.1, 0.15) is 0 Å². The van der Waals surface area contributed by atoms with Crippen molar-refractivity contribution in [2.75, 3.05) is 27.9 Å². The monoisotopic (exact) mass is 270 g/mol. The molecule has 18 heavy (non-hydrogen) atoms. The van der Waals surface area contributed by atoms with E-state index in [0.29, 0.717) is 13.0 Å². The number of nitrogens with two attached hydrogens (primary N) is 2. The van der Waals surface area contributed by atoms with Crippen molar-refractivity contribution >= 4 is 14.0 Å². The highest BCUT2D eigenvalue weighted by Gasteiger charge is 2.43. The van der Waals surface area contributed by atoms with Crippen molar-refractivity contribution < 1.29 is 13.3 Å². The lowest BCUT2D eigenvalue weighted by Gasteiger charge is -2.28. The summed E-state index contributed by atoms with van der Waals surface area (Å²) in [5, 5.41) is 0.901. The Balaban J connectivity index is 3.22. The van der Waals surface area contributed by atoms with Crippen LogP contribution in [-0.2, 0) is 13.3 Å². The maximum Gasteiger partial charge on any atom is 0.536 e. The number of benzene rings is 1. The first-order valence-electron chi connectivity index (χ1n) is 5.85. The second-order valence-corrected chi connectivity index (χ2v) is 6.82. The van der Waals surface area contributed by atoms with Crippen LogP contribution in [0.15, 0.2) is 24.3 Å². The Hall–Kier alpha value is -0.763. The summed E-state index contributed by atoms with van der Waals surface area (Å²) in [4.78, 5) is 0. The summed E-state index contributed by atoms with van der Waals surface area (Å²) in [7, 11) is 1.91. The van der Waals surface area contributed by atoms with Gasteiger partial charge in [0.15, 0.2) is 0 Å². The van der Waals surface area contributed by atoms with E-state index in [0.717, 1.165) is 10.8 Å². The quantitative estimate of drug-likeness (QED) is 0.688. The highest BCUT2D eigenvalue weighted by Crippen LogP contribution is 2.17. The molecule has 0 spiro atoms. The van der Waals surface area contributed by atoms with Crippen molar-refractivity contribution in [1.29, 1.82) is 0 Å². The van der Waals surface area contributed by atoms with Crippen LogP contribution in [0, 0.1) is 0 Å². The van der Waals surface area contributed by atoms with E-state index >= 15 is 0 Å². The molecule has 0 saturated heterocycles. The molecule has 0 aliphatic heterocycles. The van der Waals surface area contributed by atoms with Crippen LogP contribution in [-0.4, -0.2) is 36.7 Å². The zero-order chi connectivity index (χ0) is 13.6. The Morgan fingerprint density at radius 2 is 1.67 bits per heavy atom. The summed E-state index contributed by atoms with van der Waals surface area (Å²) in [6, 6.07) is 7.63. The van der Waals surface area contributed by atoms with Crippen LogP contribution in [0.25, 0.3) is 0 Å². The van der Waals surface area contributed by atoms with Gasteiger partial charge in [-0.2, -0.15) is 0 Å². The molecule has 1 atom stereocenters. The first-order valence-corrected chi connectivity index (χ1v) is 7.58. The van der Waals surface area contributed by atoms with Gasteiger partial charge in [0.2, 0.25) is 0 Å². The van der Waals surface area contributed by atoms with E-state index in [9.17, 15) is 0 Å². The van der Waals surface area contributed by atoms with Crippen molar-refractivity contribution in [1.82, 2.24) is 0 Å². The van der Waals surface area contributed by atoms with Crippen molar-refractivity contribution in [2.45, 2.75) is 12.5 Å². The average Bonchev–Trinajstić information content (AvgIpc) is 2.42. The number of hydrogen-bond donors (Lipinski definition) is 2. The molecular formula is C12H22N2O3Si. The minimum Gasteiger partial charge on any atom is -0.373 e. The van der Waals surface area contributed by atoms with Crippen LogP contribution in [0.4, 0.5) is 0 Å². The van der Waals surface area contributed by atoms with Crippen LogP contribution in [0.2, 0.25) is 0 Å². The van der Waals surface area contributed by atoms with Crippen LogP contribution < -0.4 is 16.7 Å². The first kappa shape index (κ1) is 15.3. The topological polar surface area (TPSA) is 79.7 Å². The Morgan fingerprint density at radius 1 is 1.11 bits per heavy atom. The van der Waals surface area contributed by atoms with Crippen molar-refractivity contribution in [3.63, 3.8) is 0 Å². The van der Waals surface area contributed by atoms with E-state index in [2.05, 4.69) is 0 Å². The van der Waals surface area contributed by atoms with Gasteiger partial charge in [-0.05, 0) is 18.5 Å². The smallest absolute Gasteiger partial charge is 0.373 e. The summed E-state index contributed by atoms with van der Waals surface area (Å²) >= 11 is 0. The normalized spacial score (nSPS) is 13.6. The molecule has 102 valence electrons. The summed E-state index contributed by atoms with van der Waals surface area (Å²) in [5.41, 5.74) is 12.7. The fraction of sp³-hybridized carbons (Fsp3) is 0.500. The molecule has 0 aromatic heterocycles. The van der Waals surface area contributed by atoms with Gasteiger partial charge < -0.3 is 24.7 Å². The fourth-order valence-electron chi connectivity index (χ4n) is 2.01. The maximum absolute atomic E-state index is 6.14. The van der Waals surface area contributed by atoms with Crippen LogP contribution >= 0.6 is 0 Å². The molecule has 0 radical (unpaired) electrons. The van der Waals surface area contributed by atoms with Crippen molar-refractivity contribution in [3.8, 4) is 0 Å². The van der Waals surface area contributed by atoms with Gasteiger partial charge in [-0.1, -0.05) is 24.3 Å². The second kappa shape index (κ2) is 6.98. The molecule has 0 aliphatic carbocycles. The maximum atomic E-state index is 6.14. The van der Waals surface area contributed by atoms with Gasteiger partial charge in [0.05, 0.1) is 0 Å². The summed E-state index contributed by atoms with van der Waals surface area (Å²) in [5.74, 6) is 0. The van der Waals surface area contributed by atoms with Crippen molar-refractivity contribution in [2.24, 2.45) is 11.5 Å². The molecule has 5 nitrogen and oxygen atoms in total. The molecule has 1 aromatic rings. The molecule has 0 amide bonds. The van der Waals surface area contributed by atoms with Gasteiger partial charge in [0, 0.05) is 32.6 Å². The van der Waals surface area contributed by atoms with E-state index in [-0.39, 0.29) is 6.04 Å². The summed E-state index contributed by atoms with van der Waals surface area (Å²) in [6.07, 6.45) is 0.707. The molecule has 0 saturated carbocycles. The third kappa shape index (κ3) is 2.97. The average molecular weight is 270 g/mol. The zero-order valence-corrected chi connectivity index (χ0v) is 12.2. The van der Waals surface area contributed by atoms with Crippen LogP contribution in [0.3, 0.4) is 0 Å². The standard InChI is InChI=1S/C12H22N2O3Si/c1-15-18(16-2,17-3)12-7-5-4-6-10(12)11(14)8-9-13/h4-7,11H,8-9,13-14H2,1-3H3. The third-order valence-corrected chi connectivity index (χ3v) is 5.70. The lowest BCUT2D eigenvalue weighted by molar-refractivity contribution is 0.140. The van der Waals surface area contributed by atoms with E-state index in [1.54, 1.807) is 21.3 Å². The van der Waals surface area contributed by atoms with E-state index in [1.165, 1.54) is 0 Å². The van der Waals surface area contributed by atoms with Gasteiger partial charge in [-0.15, -0.1) is 0 Å². The Morgan fingerprint density at radius 3 is 2.17 bits per heavy atom. The highest BCUT2D eigenvalue weighted by molar-refractivity contribution is 6.75. The lowest BCUT2D eigenvalue weighted by Crippen LogP contribution is -2.56. The van der Waals surface area contributed by atoms with Crippen LogP contribution in [0.1, 0.15) is 18.0 Å². The fourth-order valence-corrected chi connectivity index (χ4v) is 4.10. The zero-order valence-electron chi connectivity index (χ0n) is 11.2. The van der Waals surface area contributed by atoms with Crippen LogP contribution in [0.5, 0.6) is 0 Å². The Labute approximate surface area is 109 Å². The summed E-state index contributed by atoms with van der Waals surface area (Å²) < 4.78 is 16.5. The Kier molecular flexibility index (Phi) is 5.93. The molecule has 1 unspecified atom stereocenters. The van der Waals surface area contributed by atoms with E-state index < -0.39 is 8.80 Å². The van der Waals surface area contributed by atoms with E-state index in [4.69, 9.17) is 24.7 Å². The predicted octanol–water partition coefficient (Wildman–Crippen LogP) is 0.120. The third-order valence-electron chi connectivity index (χ3n) is 2.97. The van der Waals surface area contributed by atoms with Gasteiger partial charge in [-0.25, -0.2) is 0 Å². The van der Waals surface area contributed by atoms with Gasteiger partial charge >= 0.3 is 8.80 Å². The molecule has 0 fully saturated rings. The van der Waals surface area contributed by atoms with E-state index in [1.807, 2.05) is 24.3 Å². The highest BCUT2D eigenvalue weighted by atomic mass is 28.4. The molecule has 1 rings (SSSR count). The summed E-state index contributed by atoms with van der Waals surface area (Å²) in [6.45, 7) is 0.539.